The molecule has 0 bridgehead atoms. The first-order valence-electron chi connectivity index (χ1n) is 10.1. The van der Waals surface area contributed by atoms with Crippen molar-refractivity contribution in [2.45, 2.75) is 6.92 Å². The normalized spacial score (nSPS) is 13.5. The molecule has 0 fully saturated rings. The van der Waals surface area contributed by atoms with E-state index >= 15 is 0 Å². The van der Waals surface area contributed by atoms with E-state index in [-0.39, 0.29) is 11.3 Å². The van der Waals surface area contributed by atoms with E-state index in [0.717, 1.165) is 4.90 Å². The molecule has 4 rings (SSSR count). The molecule has 0 unspecified atom stereocenters. The maximum atomic E-state index is 13.5. The van der Waals surface area contributed by atoms with Crippen molar-refractivity contribution in [3.8, 4) is 11.5 Å². The molecular formula is C25H21ClN2O4. The van der Waals surface area contributed by atoms with Crippen molar-refractivity contribution in [1.82, 2.24) is 0 Å². The van der Waals surface area contributed by atoms with Crippen molar-refractivity contribution in [1.29, 1.82) is 0 Å². The number of nitrogens with zero attached hydrogens (tertiary/aromatic N) is 1. The molecule has 0 saturated carbocycles. The van der Waals surface area contributed by atoms with Gasteiger partial charge in [-0.1, -0.05) is 35.9 Å². The first-order valence-corrected chi connectivity index (χ1v) is 10.4. The number of methoxy groups -OCH3 is 1. The molecular weight excluding hydrogens is 428 g/mol. The Kier molecular flexibility index (Phi) is 6.14. The monoisotopic (exact) mass is 448 g/mol. The predicted molar refractivity (Wildman–Crippen MR) is 125 cm³/mol. The number of benzene rings is 3. The summed E-state index contributed by atoms with van der Waals surface area (Å²) in [5.74, 6) is 0.340. The van der Waals surface area contributed by atoms with Crippen molar-refractivity contribution in [3.63, 3.8) is 0 Å². The molecule has 0 radical (unpaired) electrons. The lowest BCUT2D eigenvalue weighted by atomic mass is 10.0. The zero-order valence-corrected chi connectivity index (χ0v) is 18.3. The Morgan fingerprint density at radius 2 is 1.59 bits per heavy atom. The number of imide groups is 1. The Morgan fingerprint density at radius 1 is 0.906 bits per heavy atom. The molecule has 7 heteroatoms. The van der Waals surface area contributed by atoms with Crippen molar-refractivity contribution in [3.05, 3.63) is 89.1 Å². The van der Waals surface area contributed by atoms with E-state index in [1.807, 2.05) is 19.1 Å². The summed E-state index contributed by atoms with van der Waals surface area (Å²) in [7, 11) is 1.57. The number of nitrogens with one attached hydrogen (secondary N) is 1. The second kappa shape index (κ2) is 9.16. The Hall–Kier alpha value is -3.77. The van der Waals surface area contributed by atoms with E-state index in [1.165, 1.54) is 0 Å². The minimum absolute atomic E-state index is 0.169. The third-order valence-corrected chi connectivity index (χ3v) is 5.25. The van der Waals surface area contributed by atoms with Crippen LogP contribution in [0.2, 0.25) is 5.02 Å². The molecule has 1 aliphatic rings. The van der Waals surface area contributed by atoms with Gasteiger partial charge < -0.3 is 14.8 Å². The average Bonchev–Trinajstić information content (AvgIpc) is 3.05. The Morgan fingerprint density at radius 3 is 2.25 bits per heavy atom. The van der Waals surface area contributed by atoms with E-state index < -0.39 is 11.8 Å². The van der Waals surface area contributed by atoms with Crippen LogP contribution in [-0.2, 0) is 9.59 Å². The van der Waals surface area contributed by atoms with Crippen molar-refractivity contribution in [2.75, 3.05) is 23.9 Å². The lowest BCUT2D eigenvalue weighted by molar-refractivity contribution is -0.120. The van der Waals surface area contributed by atoms with Gasteiger partial charge in [0, 0.05) is 5.02 Å². The Balaban J connectivity index is 1.81. The summed E-state index contributed by atoms with van der Waals surface area (Å²) >= 11 is 5.99. The van der Waals surface area contributed by atoms with Crippen LogP contribution in [0.1, 0.15) is 12.5 Å². The van der Waals surface area contributed by atoms with Gasteiger partial charge in [-0.15, -0.1) is 0 Å². The average molecular weight is 449 g/mol. The molecule has 162 valence electrons. The zero-order valence-electron chi connectivity index (χ0n) is 17.6. The second-order valence-electron chi connectivity index (χ2n) is 6.95. The molecule has 0 aromatic heterocycles. The molecule has 3 aromatic rings. The van der Waals surface area contributed by atoms with Crippen LogP contribution in [0.15, 0.2) is 78.5 Å². The van der Waals surface area contributed by atoms with Crippen molar-refractivity contribution in [2.24, 2.45) is 0 Å². The van der Waals surface area contributed by atoms with E-state index in [0.29, 0.717) is 40.1 Å². The van der Waals surface area contributed by atoms with Crippen LogP contribution < -0.4 is 19.7 Å². The summed E-state index contributed by atoms with van der Waals surface area (Å²) in [6.07, 6.45) is 0. The highest BCUT2D eigenvalue weighted by atomic mass is 35.5. The zero-order chi connectivity index (χ0) is 22.7. The van der Waals surface area contributed by atoms with Crippen molar-refractivity contribution >= 4 is 40.4 Å². The van der Waals surface area contributed by atoms with Crippen LogP contribution in [0.4, 0.5) is 11.4 Å². The van der Waals surface area contributed by atoms with Gasteiger partial charge in [0.2, 0.25) is 0 Å². The van der Waals surface area contributed by atoms with Crippen LogP contribution in [0.3, 0.4) is 0 Å². The topological polar surface area (TPSA) is 67.9 Å². The highest BCUT2D eigenvalue weighted by Gasteiger charge is 2.40. The van der Waals surface area contributed by atoms with Gasteiger partial charge in [0.1, 0.15) is 17.2 Å². The standard InChI is InChI=1S/C25H21ClN2O4/c1-3-32-21-7-5-4-6-20(21)27-23-22(16-8-14-19(31-2)15-9-16)24(29)28(25(23)30)18-12-10-17(26)11-13-18/h4-15,27H,3H2,1-2H3. The van der Waals surface area contributed by atoms with Crippen LogP contribution in [0, 0.1) is 0 Å². The van der Waals surface area contributed by atoms with E-state index in [4.69, 9.17) is 21.1 Å². The van der Waals surface area contributed by atoms with Gasteiger partial charge in [-0.05, 0) is 61.0 Å². The fourth-order valence-corrected chi connectivity index (χ4v) is 3.61. The number of carbonyl (C=O) groups excluding carboxylic acids is 2. The minimum Gasteiger partial charge on any atom is -0.497 e. The molecule has 1 aliphatic heterocycles. The lowest BCUT2D eigenvalue weighted by Gasteiger charge is -2.16. The maximum absolute atomic E-state index is 13.5. The molecule has 32 heavy (non-hydrogen) atoms. The largest absolute Gasteiger partial charge is 0.497 e. The van der Waals surface area contributed by atoms with Gasteiger partial charge in [-0.2, -0.15) is 0 Å². The molecule has 1 heterocycles. The fraction of sp³-hybridized carbons (Fsp3) is 0.120. The predicted octanol–water partition coefficient (Wildman–Crippen LogP) is 5.14. The summed E-state index contributed by atoms with van der Waals surface area (Å²) in [6.45, 7) is 2.35. The van der Waals surface area contributed by atoms with E-state index in [9.17, 15) is 9.59 Å². The van der Waals surface area contributed by atoms with Gasteiger partial charge in [-0.3, -0.25) is 9.59 Å². The number of anilines is 2. The molecule has 0 saturated heterocycles. The van der Waals surface area contributed by atoms with E-state index in [2.05, 4.69) is 5.32 Å². The quantitative estimate of drug-likeness (QED) is 0.506. The Bertz CT molecular complexity index is 1190. The van der Waals surface area contributed by atoms with Crippen LogP contribution in [0.25, 0.3) is 5.57 Å². The van der Waals surface area contributed by atoms with Crippen molar-refractivity contribution < 1.29 is 19.1 Å². The maximum Gasteiger partial charge on any atom is 0.282 e. The minimum atomic E-state index is -0.463. The molecule has 6 nitrogen and oxygen atoms in total. The molecule has 3 aromatic carbocycles. The first-order chi connectivity index (χ1) is 15.5. The highest BCUT2D eigenvalue weighted by Crippen LogP contribution is 2.36. The summed E-state index contributed by atoms with van der Waals surface area (Å²) in [5, 5.41) is 3.66. The number of rotatable bonds is 7. The number of carbonyl (C=O) groups is 2. The molecule has 0 spiro atoms. The second-order valence-corrected chi connectivity index (χ2v) is 7.39. The fourth-order valence-electron chi connectivity index (χ4n) is 3.48. The van der Waals surface area contributed by atoms with Gasteiger partial charge >= 0.3 is 0 Å². The van der Waals surface area contributed by atoms with Gasteiger partial charge in [0.15, 0.2) is 0 Å². The van der Waals surface area contributed by atoms with Gasteiger partial charge in [0.05, 0.1) is 30.7 Å². The van der Waals surface area contributed by atoms with Crippen LogP contribution >= 0.6 is 11.6 Å². The SMILES string of the molecule is CCOc1ccccc1NC1=C(c2ccc(OC)cc2)C(=O)N(c2ccc(Cl)cc2)C1=O. The lowest BCUT2D eigenvalue weighted by Crippen LogP contribution is -2.32. The Labute approximate surface area is 191 Å². The summed E-state index contributed by atoms with van der Waals surface area (Å²) < 4.78 is 10.9. The highest BCUT2D eigenvalue weighted by molar-refractivity contribution is 6.46. The number of halogens is 1. The molecule has 1 N–H and O–H groups in total. The number of amides is 2. The van der Waals surface area contributed by atoms with E-state index in [1.54, 1.807) is 67.8 Å². The number of para-hydroxylation sites is 2. The smallest absolute Gasteiger partial charge is 0.282 e. The summed E-state index contributed by atoms with van der Waals surface area (Å²) in [5.41, 5.74) is 2.05. The molecule has 0 atom stereocenters. The van der Waals surface area contributed by atoms with Gasteiger partial charge in [0.25, 0.3) is 11.8 Å². The molecule has 2 amide bonds. The van der Waals surface area contributed by atoms with Crippen LogP contribution in [-0.4, -0.2) is 25.5 Å². The number of hydrogen-bond acceptors (Lipinski definition) is 5. The summed E-state index contributed by atoms with van der Waals surface area (Å²) in [6, 6.07) is 20.8. The molecule has 0 aliphatic carbocycles. The third-order valence-electron chi connectivity index (χ3n) is 4.99. The third kappa shape index (κ3) is 4.05. The van der Waals surface area contributed by atoms with Gasteiger partial charge in [-0.25, -0.2) is 4.90 Å². The number of ether oxygens (including phenoxy) is 2. The van der Waals surface area contributed by atoms with Crippen LogP contribution in [0.5, 0.6) is 11.5 Å². The first kappa shape index (κ1) is 21.5. The number of hydrogen-bond donors (Lipinski definition) is 1. The summed E-state index contributed by atoms with van der Waals surface area (Å²) in [4.78, 5) is 28.1.